The number of aryl methyl sites for hydroxylation is 1. The highest BCUT2D eigenvalue weighted by atomic mass is 15.1. The number of hydrogen-bond acceptors (Lipinski definition) is 1. The highest BCUT2D eigenvalue weighted by Gasteiger charge is 2.16. The van der Waals surface area contributed by atoms with Crippen LogP contribution in [-0.2, 0) is 11.8 Å². The van der Waals surface area contributed by atoms with Crippen molar-refractivity contribution in [2.24, 2.45) is 0 Å². The molecule has 0 aliphatic carbocycles. The van der Waals surface area contributed by atoms with Gasteiger partial charge in [-0.3, -0.25) is 0 Å². The van der Waals surface area contributed by atoms with Crippen LogP contribution in [0, 0.1) is 0 Å². The number of anilines is 3. The molecule has 1 nitrogen and oxygen atoms in total. The van der Waals surface area contributed by atoms with Gasteiger partial charge in [0.1, 0.15) is 0 Å². The Morgan fingerprint density at radius 1 is 0.667 bits per heavy atom. The second kappa shape index (κ2) is 8.43. The fourth-order valence-corrected chi connectivity index (χ4v) is 3.33. The zero-order valence-corrected chi connectivity index (χ0v) is 17.1. The summed E-state index contributed by atoms with van der Waals surface area (Å²) in [4.78, 5) is 2.33. The maximum atomic E-state index is 2.33. The van der Waals surface area contributed by atoms with E-state index in [0.29, 0.717) is 0 Å². The second-order valence-corrected chi connectivity index (χ2v) is 8.24. The minimum Gasteiger partial charge on any atom is -0.311 e. The Hall–Kier alpha value is -2.54. The van der Waals surface area contributed by atoms with Gasteiger partial charge < -0.3 is 4.90 Å². The van der Waals surface area contributed by atoms with Gasteiger partial charge in [-0.15, -0.1) is 0 Å². The van der Waals surface area contributed by atoms with E-state index in [1.807, 2.05) is 0 Å². The van der Waals surface area contributed by atoms with Crippen LogP contribution in [0.2, 0.25) is 0 Å². The Balaban J connectivity index is 1.97. The van der Waals surface area contributed by atoms with Crippen molar-refractivity contribution in [2.75, 3.05) is 4.90 Å². The SMILES string of the molecule is CCCCc1ccc(N(c2ccccc2)c2ccc(C(C)(C)C)cc2)cc1. The van der Waals surface area contributed by atoms with E-state index in [1.54, 1.807) is 0 Å². The second-order valence-electron chi connectivity index (χ2n) is 8.24. The third-order valence-electron chi connectivity index (χ3n) is 5.02. The molecule has 0 atom stereocenters. The summed E-state index contributed by atoms with van der Waals surface area (Å²) < 4.78 is 0. The van der Waals surface area contributed by atoms with Crippen LogP contribution in [0.5, 0.6) is 0 Å². The van der Waals surface area contributed by atoms with Gasteiger partial charge in [0.05, 0.1) is 0 Å². The molecule has 3 rings (SSSR count). The molecular weight excluding hydrogens is 326 g/mol. The van der Waals surface area contributed by atoms with Crippen molar-refractivity contribution in [3.63, 3.8) is 0 Å². The van der Waals surface area contributed by atoms with E-state index < -0.39 is 0 Å². The van der Waals surface area contributed by atoms with Crippen molar-refractivity contribution in [1.82, 2.24) is 0 Å². The monoisotopic (exact) mass is 357 g/mol. The molecule has 0 aliphatic heterocycles. The van der Waals surface area contributed by atoms with Crippen LogP contribution < -0.4 is 4.90 Å². The van der Waals surface area contributed by atoms with Gasteiger partial charge in [-0.1, -0.05) is 76.6 Å². The maximum Gasteiger partial charge on any atom is 0.0461 e. The number of unbranched alkanes of at least 4 members (excludes halogenated alkanes) is 1. The number of hydrogen-bond donors (Lipinski definition) is 0. The molecule has 3 aromatic rings. The van der Waals surface area contributed by atoms with Crippen molar-refractivity contribution in [1.29, 1.82) is 0 Å². The topological polar surface area (TPSA) is 3.24 Å². The quantitative estimate of drug-likeness (QED) is 0.435. The van der Waals surface area contributed by atoms with E-state index in [9.17, 15) is 0 Å². The molecular formula is C26H31N. The molecule has 0 heterocycles. The normalized spacial score (nSPS) is 11.4. The van der Waals surface area contributed by atoms with Gasteiger partial charge in [-0.25, -0.2) is 0 Å². The van der Waals surface area contributed by atoms with Crippen molar-refractivity contribution in [2.45, 2.75) is 52.4 Å². The molecule has 3 aromatic carbocycles. The summed E-state index contributed by atoms with van der Waals surface area (Å²) in [6.45, 7) is 9.01. The van der Waals surface area contributed by atoms with Gasteiger partial charge in [0.2, 0.25) is 0 Å². The van der Waals surface area contributed by atoms with E-state index in [1.165, 1.54) is 41.0 Å². The Bertz CT molecular complexity index is 824. The molecule has 0 spiro atoms. The molecule has 0 fully saturated rings. The van der Waals surface area contributed by atoms with Gasteiger partial charge >= 0.3 is 0 Å². The van der Waals surface area contributed by atoms with E-state index >= 15 is 0 Å². The first-order chi connectivity index (χ1) is 13.0. The lowest BCUT2D eigenvalue weighted by Gasteiger charge is -2.27. The van der Waals surface area contributed by atoms with Crippen LogP contribution in [0.15, 0.2) is 78.9 Å². The van der Waals surface area contributed by atoms with Gasteiger partial charge in [0, 0.05) is 17.1 Å². The highest BCUT2D eigenvalue weighted by Crippen LogP contribution is 2.35. The zero-order chi connectivity index (χ0) is 19.3. The average molecular weight is 358 g/mol. The lowest BCUT2D eigenvalue weighted by atomic mass is 9.87. The molecule has 0 aliphatic rings. The fraction of sp³-hybridized carbons (Fsp3) is 0.308. The summed E-state index contributed by atoms with van der Waals surface area (Å²) in [5.74, 6) is 0. The first-order valence-corrected chi connectivity index (χ1v) is 10.0. The molecule has 0 aromatic heterocycles. The highest BCUT2D eigenvalue weighted by molar-refractivity contribution is 5.76. The Labute approximate surface area is 164 Å². The fourth-order valence-electron chi connectivity index (χ4n) is 3.33. The van der Waals surface area contributed by atoms with Gasteiger partial charge in [-0.2, -0.15) is 0 Å². The largest absolute Gasteiger partial charge is 0.311 e. The number of para-hydroxylation sites is 1. The predicted molar refractivity (Wildman–Crippen MR) is 118 cm³/mol. The summed E-state index contributed by atoms with van der Waals surface area (Å²) >= 11 is 0. The summed E-state index contributed by atoms with van der Waals surface area (Å²) in [6, 6.07) is 28.6. The minimum absolute atomic E-state index is 0.164. The summed E-state index contributed by atoms with van der Waals surface area (Å²) in [5.41, 5.74) is 6.51. The molecule has 140 valence electrons. The molecule has 1 heteroatoms. The van der Waals surface area contributed by atoms with Crippen molar-refractivity contribution >= 4 is 17.1 Å². The third kappa shape index (κ3) is 4.80. The number of rotatable bonds is 6. The Kier molecular flexibility index (Phi) is 6.01. The molecule has 0 N–H and O–H groups in total. The summed E-state index contributed by atoms with van der Waals surface area (Å²) in [7, 11) is 0. The van der Waals surface area contributed by atoms with Crippen LogP contribution in [0.25, 0.3) is 0 Å². The maximum absolute atomic E-state index is 2.33. The number of benzene rings is 3. The lowest BCUT2D eigenvalue weighted by Crippen LogP contribution is -2.13. The van der Waals surface area contributed by atoms with Crippen LogP contribution in [0.4, 0.5) is 17.1 Å². The zero-order valence-electron chi connectivity index (χ0n) is 17.1. The number of nitrogens with zero attached hydrogens (tertiary/aromatic N) is 1. The first kappa shape index (κ1) is 19.2. The first-order valence-electron chi connectivity index (χ1n) is 10.0. The van der Waals surface area contributed by atoms with Crippen molar-refractivity contribution in [3.8, 4) is 0 Å². The lowest BCUT2D eigenvalue weighted by molar-refractivity contribution is 0.590. The Morgan fingerprint density at radius 2 is 1.19 bits per heavy atom. The summed E-state index contributed by atoms with van der Waals surface area (Å²) in [6.07, 6.45) is 3.64. The van der Waals surface area contributed by atoms with E-state index in [4.69, 9.17) is 0 Å². The smallest absolute Gasteiger partial charge is 0.0461 e. The van der Waals surface area contributed by atoms with Gasteiger partial charge in [-0.05, 0) is 65.8 Å². The molecule has 0 bridgehead atoms. The minimum atomic E-state index is 0.164. The van der Waals surface area contributed by atoms with E-state index in [2.05, 4.69) is 111 Å². The third-order valence-corrected chi connectivity index (χ3v) is 5.02. The molecule has 0 radical (unpaired) electrons. The van der Waals surface area contributed by atoms with E-state index in [0.717, 1.165) is 6.42 Å². The van der Waals surface area contributed by atoms with Crippen LogP contribution in [0.1, 0.15) is 51.7 Å². The van der Waals surface area contributed by atoms with Crippen LogP contribution in [-0.4, -0.2) is 0 Å². The molecule has 0 saturated carbocycles. The molecule has 0 saturated heterocycles. The standard InChI is InChI=1S/C26H31N/c1-5-6-10-21-13-17-24(18-14-21)27(23-11-8-7-9-12-23)25-19-15-22(16-20-25)26(2,3)4/h7-9,11-20H,5-6,10H2,1-4H3. The summed E-state index contributed by atoms with van der Waals surface area (Å²) in [5, 5.41) is 0. The predicted octanol–water partition coefficient (Wildman–Crippen LogP) is 7.80. The van der Waals surface area contributed by atoms with Gasteiger partial charge in [0.25, 0.3) is 0 Å². The van der Waals surface area contributed by atoms with Crippen molar-refractivity contribution < 1.29 is 0 Å². The van der Waals surface area contributed by atoms with E-state index in [-0.39, 0.29) is 5.41 Å². The average Bonchev–Trinajstić information content (AvgIpc) is 2.68. The molecule has 0 amide bonds. The molecule has 27 heavy (non-hydrogen) atoms. The van der Waals surface area contributed by atoms with Crippen molar-refractivity contribution in [3.05, 3.63) is 90.0 Å². The van der Waals surface area contributed by atoms with Crippen LogP contribution in [0.3, 0.4) is 0 Å². The van der Waals surface area contributed by atoms with Gasteiger partial charge in [0.15, 0.2) is 0 Å². The molecule has 0 unspecified atom stereocenters. The van der Waals surface area contributed by atoms with Crippen LogP contribution >= 0.6 is 0 Å². The Morgan fingerprint density at radius 3 is 1.70 bits per heavy atom.